The van der Waals surface area contributed by atoms with E-state index in [1.807, 2.05) is 12.3 Å². The van der Waals surface area contributed by atoms with Crippen molar-refractivity contribution in [1.29, 1.82) is 0 Å². The largest absolute Gasteiger partial charge is 0.336 e. The Hall–Kier alpha value is -1.99. The average Bonchev–Trinajstić information content (AvgIpc) is 2.83. The first-order valence-corrected chi connectivity index (χ1v) is 7.25. The fraction of sp³-hybridized carbons (Fsp3) is 0.231. The van der Waals surface area contributed by atoms with Crippen LogP contribution < -0.4 is 0 Å². The number of thiazole rings is 1. The predicted molar refractivity (Wildman–Crippen MR) is 80.8 cm³/mol. The molecule has 2 rings (SSSR count). The van der Waals surface area contributed by atoms with Crippen molar-refractivity contribution in [1.82, 2.24) is 9.88 Å². The summed E-state index contributed by atoms with van der Waals surface area (Å²) in [6.45, 7) is 2.20. The highest BCUT2D eigenvalue weighted by atomic mass is 35.5. The third-order valence-corrected chi connectivity index (χ3v) is 4.04. The quantitative estimate of drug-likeness (QED) is 0.638. The van der Waals surface area contributed by atoms with E-state index in [1.54, 1.807) is 7.05 Å². The molecule has 1 amide bonds. The summed E-state index contributed by atoms with van der Waals surface area (Å²) in [6, 6.07) is 4.18. The number of carbonyl (C=O) groups is 1. The van der Waals surface area contributed by atoms with Gasteiger partial charge >= 0.3 is 0 Å². The highest BCUT2D eigenvalue weighted by Gasteiger charge is 2.22. The van der Waals surface area contributed by atoms with Crippen LogP contribution in [0.25, 0.3) is 0 Å². The first-order valence-electron chi connectivity index (χ1n) is 5.99. The van der Waals surface area contributed by atoms with Crippen molar-refractivity contribution in [2.75, 3.05) is 7.05 Å². The number of hydrogen-bond donors (Lipinski definition) is 0. The van der Waals surface area contributed by atoms with Gasteiger partial charge in [-0.05, 0) is 13.0 Å². The number of halogens is 1. The smallest absolute Gasteiger partial charge is 0.288 e. The molecule has 0 radical (unpaired) electrons. The molecule has 1 aromatic heterocycles. The molecule has 0 spiro atoms. The zero-order valence-corrected chi connectivity index (χ0v) is 12.9. The maximum Gasteiger partial charge on any atom is 0.288 e. The van der Waals surface area contributed by atoms with Crippen LogP contribution in [-0.4, -0.2) is 27.8 Å². The van der Waals surface area contributed by atoms with Gasteiger partial charge in [0, 0.05) is 18.5 Å². The Morgan fingerprint density at radius 1 is 1.52 bits per heavy atom. The van der Waals surface area contributed by atoms with E-state index in [0.717, 1.165) is 10.7 Å². The monoisotopic (exact) mass is 325 g/mol. The Balaban J connectivity index is 2.23. The molecule has 0 aliphatic heterocycles. The predicted octanol–water partition coefficient (Wildman–Crippen LogP) is 3.29. The number of hydrogen-bond acceptors (Lipinski definition) is 5. The van der Waals surface area contributed by atoms with Crippen LogP contribution in [0, 0.1) is 17.0 Å². The molecule has 0 aliphatic carbocycles. The third kappa shape index (κ3) is 3.37. The van der Waals surface area contributed by atoms with Gasteiger partial charge < -0.3 is 4.90 Å². The molecule has 21 heavy (non-hydrogen) atoms. The van der Waals surface area contributed by atoms with E-state index in [1.165, 1.54) is 34.4 Å². The highest BCUT2D eigenvalue weighted by Crippen LogP contribution is 2.28. The minimum Gasteiger partial charge on any atom is -0.336 e. The van der Waals surface area contributed by atoms with Crippen molar-refractivity contribution in [3.63, 3.8) is 0 Å². The standard InChI is InChI=1S/C13H12ClN3O3S/c1-8-15-9(7-21-8)6-16(2)13(18)10-4-3-5-11(12(10)14)17(19)20/h3-5,7H,6H2,1-2H3. The minimum absolute atomic E-state index is 0.111. The number of nitro groups is 1. The first kappa shape index (κ1) is 15.4. The number of amides is 1. The lowest BCUT2D eigenvalue weighted by atomic mass is 10.1. The van der Waals surface area contributed by atoms with Crippen LogP contribution in [-0.2, 0) is 6.54 Å². The van der Waals surface area contributed by atoms with Gasteiger partial charge in [0.25, 0.3) is 11.6 Å². The highest BCUT2D eigenvalue weighted by molar-refractivity contribution is 7.09. The number of aryl methyl sites for hydroxylation is 1. The lowest BCUT2D eigenvalue weighted by Crippen LogP contribution is -2.26. The molecule has 0 N–H and O–H groups in total. The molecule has 110 valence electrons. The fourth-order valence-electron chi connectivity index (χ4n) is 1.83. The van der Waals surface area contributed by atoms with E-state index in [4.69, 9.17) is 11.6 Å². The molecule has 6 nitrogen and oxygen atoms in total. The van der Waals surface area contributed by atoms with Crippen LogP contribution >= 0.6 is 22.9 Å². The van der Waals surface area contributed by atoms with Crippen LogP contribution in [0.2, 0.25) is 5.02 Å². The van der Waals surface area contributed by atoms with Crippen LogP contribution in [0.3, 0.4) is 0 Å². The van der Waals surface area contributed by atoms with Crippen molar-refractivity contribution in [2.45, 2.75) is 13.5 Å². The number of nitro benzene ring substituents is 1. The molecule has 0 bridgehead atoms. The van der Waals surface area contributed by atoms with Gasteiger partial charge in [-0.1, -0.05) is 17.7 Å². The Bertz CT molecular complexity index is 702. The molecule has 1 aromatic carbocycles. The Labute approximate surface area is 130 Å². The van der Waals surface area contributed by atoms with Crippen molar-refractivity contribution < 1.29 is 9.72 Å². The maximum absolute atomic E-state index is 12.3. The van der Waals surface area contributed by atoms with Gasteiger partial charge in [-0.25, -0.2) is 4.98 Å². The topological polar surface area (TPSA) is 76.3 Å². The van der Waals surface area contributed by atoms with Crippen molar-refractivity contribution in [3.8, 4) is 0 Å². The summed E-state index contributed by atoms with van der Waals surface area (Å²) in [6.07, 6.45) is 0. The van der Waals surface area contributed by atoms with E-state index < -0.39 is 4.92 Å². The van der Waals surface area contributed by atoms with Gasteiger partial charge in [0.1, 0.15) is 5.02 Å². The van der Waals surface area contributed by atoms with Crippen LogP contribution in [0.1, 0.15) is 21.1 Å². The molecular weight excluding hydrogens is 314 g/mol. The lowest BCUT2D eigenvalue weighted by molar-refractivity contribution is -0.384. The van der Waals surface area contributed by atoms with Gasteiger partial charge in [0.2, 0.25) is 0 Å². The minimum atomic E-state index is -0.608. The van der Waals surface area contributed by atoms with Crippen LogP contribution in [0.5, 0.6) is 0 Å². The number of rotatable bonds is 4. The summed E-state index contributed by atoms with van der Waals surface area (Å²) in [5, 5.41) is 13.5. The number of aromatic nitrogens is 1. The van der Waals surface area contributed by atoms with Crippen LogP contribution in [0.4, 0.5) is 5.69 Å². The van der Waals surface area contributed by atoms with Gasteiger partial charge in [-0.3, -0.25) is 14.9 Å². The number of nitrogens with zero attached hydrogens (tertiary/aromatic N) is 3. The Kier molecular flexibility index (Phi) is 4.54. The van der Waals surface area contributed by atoms with E-state index in [-0.39, 0.29) is 22.2 Å². The second kappa shape index (κ2) is 6.19. The fourth-order valence-corrected chi connectivity index (χ4v) is 2.71. The van der Waals surface area contributed by atoms with Crippen molar-refractivity contribution in [3.05, 3.63) is 55.0 Å². The molecular formula is C13H12ClN3O3S. The van der Waals surface area contributed by atoms with Gasteiger partial charge in [0.05, 0.1) is 27.7 Å². The summed E-state index contributed by atoms with van der Waals surface area (Å²) >= 11 is 7.45. The van der Waals surface area contributed by atoms with Gasteiger partial charge in [-0.15, -0.1) is 11.3 Å². The number of benzene rings is 1. The zero-order valence-electron chi connectivity index (χ0n) is 11.4. The second-order valence-corrected chi connectivity index (χ2v) is 5.86. The van der Waals surface area contributed by atoms with E-state index in [2.05, 4.69) is 4.98 Å². The van der Waals surface area contributed by atoms with Gasteiger partial charge in [0.15, 0.2) is 0 Å². The molecule has 1 heterocycles. The lowest BCUT2D eigenvalue weighted by Gasteiger charge is -2.16. The zero-order chi connectivity index (χ0) is 15.6. The first-order chi connectivity index (χ1) is 9.90. The van der Waals surface area contributed by atoms with Crippen LogP contribution in [0.15, 0.2) is 23.6 Å². The third-order valence-electron chi connectivity index (χ3n) is 2.82. The normalized spacial score (nSPS) is 10.4. The Morgan fingerprint density at radius 2 is 2.24 bits per heavy atom. The summed E-state index contributed by atoms with van der Waals surface area (Å²) in [4.78, 5) is 28.3. The maximum atomic E-state index is 12.3. The van der Waals surface area contributed by atoms with Crippen molar-refractivity contribution in [2.24, 2.45) is 0 Å². The molecule has 0 saturated heterocycles. The molecule has 0 unspecified atom stereocenters. The summed E-state index contributed by atoms with van der Waals surface area (Å²) < 4.78 is 0. The molecule has 0 aliphatic rings. The van der Waals surface area contributed by atoms with Crippen molar-refractivity contribution >= 4 is 34.5 Å². The molecule has 8 heteroatoms. The van der Waals surface area contributed by atoms with E-state index in [9.17, 15) is 14.9 Å². The van der Waals surface area contributed by atoms with Gasteiger partial charge in [-0.2, -0.15) is 0 Å². The average molecular weight is 326 g/mol. The second-order valence-electron chi connectivity index (χ2n) is 4.41. The summed E-state index contributed by atoms with van der Waals surface area (Å²) in [7, 11) is 1.60. The molecule has 0 saturated carbocycles. The summed E-state index contributed by atoms with van der Waals surface area (Å²) in [5.41, 5.74) is 0.607. The molecule has 2 aromatic rings. The van der Waals surface area contributed by atoms with E-state index in [0.29, 0.717) is 6.54 Å². The number of carbonyl (C=O) groups excluding carboxylic acids is 1. The molecule has 0 fully saturated rings. The Morgan fingerprint density at radius 3 is 2.81 bits per heavy atom. The van der Waals surface area contributed by atoms with E-state index >= 15 is 0 Å². The SMILES string of the molecule is Cc1nc(CN(C)C(=O)c2cccc([N+](=O)[O-])c2Cl)cs1. The molecule has 0 atom stereocenters. The summed E-state index contributed by atoms with van der Waals surface area (Å²) in [5.74, 6) is -0.380.